The third kappa shape index (κ3) is 4.53. The Morgan fingerprint density at radius 2 is 1.91 bits per heavy atom. The van der Waals surface area contributed by atoms with Crippen LogP contribution in [0.3, 0.4) is 0 Å². The van der Waals surface area contributed by atoms with Crippen molar-refractivity contribution in [3.8, 4) is 17.0 Å². The molecule has 10 heteroatoms. The normalized spacial score (nSPS) is 15.2. The Labute approximate surface area is 187 Å². The number of hydrogen-bond donors (Lipinski definition) is 1. The summed E-state index contributed by atoms with van der Waals surface area (Å²) in [6, 6.07) is 7.33. The van der Waals surface area contributed by atoms with Gasteiger partial charge in [-0.15, -0.1) is 0 Å². The second kappa shape index (κ2) is 8.97. The highest BCUT2D eigenvalue weighted by molar-refractivity contribution is 6.36. The van der Waals surface area contributed by atoms with Crippen LogP contribution in [-0.4, -0.2) is 34.2 Å². The fraction of sp³-hybridized carbons (Fsp3) is 0.409. The van der Waals surface area contributed by atoms with Gasteiger partial charge in [0.05, 0.1) is 12.8 Å². The average Bonchev–Trinajstić information content (AvgIpc) is 3.13. The molecule has 170 valence electrons. The highest BCUT2D eigenvalue weighted by atomic mass is 35.5. The largest absolute Gasteiger partial charge is 0.497 e. The Morgan fingerprint density at radius 3 is 2.53 bits per heavy atom. The van der Waals surface area contributed by atoms with Crippen molar-refractivity contribution in [3.05, 3.63) is 46.7 Å². The van der Waals surface area contributed by atoms with Crippen LogP contribution in [0.2, 0.25) is 5.02 Å². The lowest BCUT2D eigenvalue weighted by molar-refractivity contribution is -0.142. The van der Waals surface area contributed by atoms with Crippen LogP contribution < -0.4 is 10.1 Å². The van der Waals surface area contributed by atoms with E-state index in [-0.39, 0.29) is 22.1 Å². The first kappa shape index (κ1) is 22.4. The molecule has 3 aromatic rings. The van der Waals surface area contributed by atoms with Gasteiger partial charge in [0.15, 0.2) is 17.0 Å². The van der Waals surface area contributed by atoms with Gasteiger partial charge in [-0.2, -0.15) is 18.3 Å². The Bertz CT molecular complexity index is 1120. The molecule has 6 nitrogen and oxygen atoms in total. The number of methoxy groups -OCH3 is 1. The Hall–Kier alpha value is -2.81. The van der Waals surface area contributed by atoms with Crippen LogP contribution in [-0.2, 0) is 6.18 Å². The van der Waals surface area contributed by atoms with Crippen LogP contribution in [0, 0.1) is 5.92 Å². The first-order chi connectivity index (χ1) is 15.3. The molecule has 1 aliphatic carbocycles. The molecular formula is C22H22ClF3N4O2. The second-order valence-electron chi connectivity index (χ2n) is 7.86. The molecule has 32 heavy (non-hydrogen) atoms. The SMILES string of the molecule is COc1ccc(-c2cc(C(F)(F)F)n3nc(C(=O)NCC4CCCCC4)c(Cl)c3n2)cc1. The van der Waals surface area contributed by atoms with E-state index < -0.39 is 17.8 Å². The standard InChI is InChI=1S/C22H22ClF3N4O2/c1-32-15-9-7-14(8-10-15)16-11-17(22(24,25)26)30-20(28-16)18(23)19(29-30)21(31)27-12-13-5-3-2-4-6-13/h7-11,13H,2-6,12H2,1H3,(H,27,31). The molecule has 4 rings (SSSR count). The van der Waals surface area contributed by atoms with Gasteiger partial charge < -0.3 is 10.1 Å². The summed E-state index contributed by atoms with van der Waals surface area (Å²) < 4.78 is 47.1. The minimum atomic E-state index is -4.73. The molecule has 1 amide bonds. The number of halogens is 4. The summed E-state index contributed by atoms with van der Waals surface area (Å²) >= 11 is 6.31. The van der Waals surface area contributed by atoms with E-state index in [1.54, 1.807) is 24.3 Å². The Kier molecular flexibility index (Phi) is 6.28. The Morgan fingerprint density at radius 1 is 1.22 bits per heavy atom. The van der Waals surface area contributed by atoms with Crippen molar-refractivity contribution in [1.29, 1.82) is 0 Å². The predicted octanol–water partition coefficient (Wildman–Crippen LogP) is 5.39. The number of benzene rings is 1. The van der Waals surface area contributed by atoms with E-state index in [1.165, 1.54) is 13.5 Å². The number of carbonyl (C=O) groups is 1. The fourth-order valence-electron chi connectivity index (χ4n) is 3.96. The number of hydrogen-bond acceptors (Lipinski definition) is 4. The highest BCUT2D eigenvalue weighted by Crippen LogP contribution is 2.35. The van der Waals surface area contributed by atoms with E-state index >= 15 is 0 Å². The predicted molar refractivity (Wildman–Crippen MR) is 114 cm³/mol. The average molecular weight is 467 g/mol. The molecule has 0 unspecified atom stereocenters. The van der Waals surface area contributed by atoms with E-state index in [1.807, 2.05) is 0 Å². The number of fused-ring (bicyclic) bond motifs is 1. The van der Waals surface area contributed by atoms with Gasteiger partial charge in [-0.05, 0) is 49.1 Å². The lowest BCUT2D eigenvalue weighted by Crippen LogP contribution is -2.30. The van der Waals surface area contributed by atoms with E-state index in [0.717, 1.165) is 31.7 Å². The van der Waals surface area contributed by atoms with Crippen LogP contribution >= 0.6 is 11.6 Å². The topological polar surface area (TPSA) is 68.5 Å². The molecule has 0 radical (unpaired) electrons. The van der Waals surface area contributed by atoms with E-state index in [9.17, 15) is 18.0 Å². The van der Waals surface area contributed by atoms with Gasteiger partial charge in [0, 0.05) is 12.1 Å². The maximum Gasteiger partial charge on any atom is 0.433 e. The number of ether oxygens (including phenoxy) is 1. The minimum Gasteiger partial charge on any atom is -0.497 e. The van der Waals surface area contributed by atoms with E-state index in [0.29, 0.717) is 28.3 Å². The van der Waals surface area contributed by atoms with Crippen LogP contribution in [0.1, 0.15) is 48.3 Å². The van der Waals surface area contributed by atoms with Gasteiger partial charge >= 0.3 is 6.18 Å². The second-order valence-corrected chi connectivity index (χ2v) is 8.24. The summed E-state index contributed by atoms with van der Waals surface area (Å²) in [5.41, 5.74) is -1.06. The van der Waals surface area contributed by atoms with Gasteiger partial charge in [0.1, 0.15) is 10.8 Å². The zero-order valence-electron chi connectivity index (χ0n) is 17.4. The zero-order chi connectivity index (χ0) is 22.9. The number of carbonyl (C=O) groups excluding carboxylic acids is 1. The monoisotopic (exact) mass is 466 g/mol. The summed E-state index contributed by atoms with van der Waals surface area (Å²) in [6.07, 6.45) is 0.721. The lowest BCUT2D eigenvalue weighted by Gasteiger charge is -2.21. The molecule has 1 fully saturated rings. The molecular weight excluding hydrogens is 445 g/mol. The van der Waals surface area contributed by atoms with Crippen molar-refractivity contribution in [2.75, 3.05) is 13.7 Å². The van der Waals surface area contributed by atoms with Crippen LogP contribution in [0.4, 0.5) is 13.2 Å². The minimum absolute atomic E-state index is 0.0587. The van der Waals surface area contributed by atoms with Crippen molar-refractivity contribution < 1.29 is 22.7 Å². The smallest absolute Gasteiger partial charge is 0.433 e. The molecule has 0 saturated heterocycles. The number of alkyl halides is 3. The van der Waals surface area contributed by atoms with Crippen LogP contribution in [0.25, 0.3) is 16.9 Å². The highest BCUT2D eigenvalue weighted by Gasteiger charge is 2.36. The zero-order valence-corrected chi connectivity index (χ0v) is 18.1. The molecule has 2 heterocycles. The maximum absolute atomic E-state index is 13.8. The summed E-state index contributed by atoms with van der Waals surface area (Å²) in [7, 11) is 1.49. The summed E-state index contributed by atoms with van der Waals surface area (Å²) in [6.45, 7) is 0.444. The summed E-state index contributed by atoms with van der Waals surface area (Å²) in [4.78, 5) is 16.9. The molecule has 0 spiro atoms. The first-order valence-electron chi connectivity index (χ1n) is 10.4. The van der Waals surface area contributed by atoms with Crippen molar-refractivity contribution >= 4 is 23.2 Å². The molecule has 1 N–H and O–H groups in total. The van der Waals surface area contributed by atoms with Gasteiger partial charge in [-0.25, -0.2) is 9.50 Å². The van der Waals surface area contributed by atoms with Gasteiger partial charge in [0.2, 0.25) is 0 Å². The summed E-state index contributed by atoms with van der Waals surface area (Å²) in [5.74, 6) is 0.310. The van der Waals surface area contributed by atoms with Gasteiger partial charge in [-0.3, -0.25) is 4.79 Å². The molecule has 2 aromatic heterocycles. The molecule has 1 aliphatic rings. The van der Waals surface area contributed by atoms with Crippen LogP contribution in [0.15, 0.2) is 30.3 Å². The lowest BCUT2D eigenvalue weighted by atomic mass is 9.89. The fourth-order valence-corrected chi connectivity index (χ4v) is 4.21. The number of amides is 1. The van der Waals surface area contributed by atoms with Crippen molar-refractivity contribution in [3.63, 3.8) is 0 Å². The first-order valence-corrected chi connectivity index (χ1v) is 10.7. The molecule has 0 bridgehead atoms. The third-order valence-electron chi connectivity index (χ3n) is 5.70. The van der Waals surface area contributed by atoms with E-state index in [2.05, 4.69) is 15.4 Å². The number of nitrogens with one attached hydrogen (secondary N) is 1. The molecule has 0 aliphatic heterocycles. The van der Waals surface area contributed by atoms with Crippen molar-refractivity contribution in [2.24, 2.45) is 5.92 Å². The van der Waals surface area contributed by atoms with Crippen LogP contribution in [0.5, 0.6) is 5.75 Å². The number of aromatic nitrogens is 3. The molecule has 1 aromatic carbocycles. The molecule has 1 saturated carbocycles. The quantitative estimate of drug-likeness (QED) is 0.547. The van der Waals surface area contributed by atoms with Gasteiger partial charge in [-0.1, -0.05) is 30.9 Å². The maximum atomic E-state index is 13.8. The third-order valence-corrected chi connectivity index (χ3v) is 6.05. The van der Waals surface area contributed by atoms with Crippen molar-refractivity contribution in [1.82, 2.24) is 19.9 Å². The Balaban J connectivity index is 1.71. The van der Waals surface area contributed by atoms with Crippen molar-refractivity contribution in [2.45, 2.75) is 38.3 Å². The van der Waals surface area contributed by atoms with Gasteiger partial charge in [0.25, 0.3) is 5.91 Å². The number of nitrogens with zero attached hydrogens (tertiary/aromatic N) is 3. The van der Waals surface area contributed by atoms with E-state index in [4.69, 9.17) is 16.3 Å². The number of rotatable bonds is 5. The summed E-state index contributed by atoms with van der Waals surface area (Å²) in [5, 5.41) is 6.42. The molecule has 0 atom stereocenters.